The van der Waals surface area contributed by atoms with E-state index < -0.39 is 0 Å². The lowest BCUT2D eigenvalue weighted by molar-refractivity contribution is -0.127. The van der Waals surface area contributed by atoms with Gasteiger partial charge in [0, 0.05) is 6.54 Å². The fourth-order valence-corrected chi connectivity index (χ4v) is 2.69. The maximum atomic E-state index is 12.3. The molecule has 0 aromatic heterocycles. The van der Waals surface area contributed by atoms with Gasteiger partial charge in [0.25, 0.3) is 0 Å². The van der Waals surface area contributed by atoms with Gasteiger partial charge in [-0.2, -0.15) is 0 Å². The molecular formula is C16H24N2O2. The molecule has 0 aliphatic carbocycles. The van der Waals surface area contributed by atoms with Crippen molar-refractivity contribution in [2.75, 3.05) is 27.2 Å². The van der Waals surface area contributed by atoms with Crippen LogP contribution in [0.4, 0.5) is 0 Å². The first-order valence-electron chi connectivity index (χ1n) is 7.23. The highest BCUT2D eigenvalue weighted by atomic mass is 16.5. The SMILES string of the molecule is COc1ccc([C@@H](C)NC(=O)[C@@H]2CCCN(C)C2)cc1. The minimum Gasteiger partial charge on any atom is -0.497 e. The van der Waals surface area contributed by atoms with Gasteiger partial charge in [-0.3, -0.25) is 4.79 Å². The number of methoxy groups -OCH3 is 1. The molecule has 110 valence electrons. The highest BCUT2D eigenvalue weighted by Gasteiger charge is 2.24. The molecule has 1 saturated heterocycles. The van der Waals surface area contributed by atoms with Crippen LogP contribution in [0.2, 0.25) is 0 Å². The third-order valence-electron chi connectivity index (χ3n) is 3.97. The van der Waals surface area contributed by atoms with Crippen molar-refractivity contribution in [3.63, 3.8) is 0 Å². The van der Waals surface area contributed by atoms with Gasteiger partial charge in [-0.25, -0.2) is 0 Å². The molecule has 1 amide bonds. The Morgan fingerprint density at radius 2 is 2.10 bits per heavy atom. The molecular weight excluding hydrogens is 252 g/mol. The Labute approximate surface area is 121 Å². The summed E-state index contributed by atoms with van der Waals surface area (Å²) in [4.78, 5) is 14.5. The third kappa shape index (κ3) is 3.73. The molecule has 0 spiro atoms. The number of amides is 1. The zero-order valence-electron chi connectivity index (χ0n) is 12.6. The predicted molar refractivity (Wildman–Crippen MR) is 79.8 cm³/mol. The van der Waals surface area contributed by atoms with Gasteiger partial charge in [-0.15, -0.1) is 0 Å². The highest BCUT2D eigenvalue weighted by Crippen LogP contribution is 2.20. The minimum atomic E-state index is 0.0284. The average Bonchev–Trinajstić information content (AvgIpc) is 2.47. The van der Waals surface area contributed by atoms with E-state index in [2.05, 4.69) is 17.3 Å². The van der Waals surface area contributed by atoms with Crippen molar-refractivity contribution in [3.05, 3.63) is 29.8 Å². The summed E-state index contributed by atoms with van der Waals surface area (Å²) in [7, 11) is 3.73. The number of benzene rings is 1. The van der Waals surface area contributed by atoms with E-state index in [-0.39, 0.29) is 17.9 Å². The van der Waals surface area contributed by atoms with Gasteiger partial charge in [0.1, 0.15) is 5.75 Å². The Hall–Kier alpha value is -1.55. The van der Waals surface area contributed by atoms with E-state index in [1.54, 1.807) is 7.11 Å². The minimum absolute atomic E-state index is 0.0284. The molecule has 0 unspecified atom stereocenters. The molecule has 1 aromatic rings. The van der Waals surface area contributed by atoms with Crippen molar-refractivity contribution in [2.45, 2.75) is 25.8 Å². The fraction of sp³-hybridized carbons (Fsp3) is 0.562. The van der Waals surface area contributed by atoms with Crippen molar-refractivity contribution in [3.8, 4) is 5.75 Å². The summed E-state index contributed by atoms with van der Waals surface area (Å²) >= 11 is 0. The number of likely N-dealkylation sites (tertiary alicyclic amines) is 1. The molecule has 20 heavy (non-hydrogen) atoms. The Balaban J connectivity index is 1.92. The third-order valence-corrected chi connectivity index (χ3v) is 3.97. The molecule has 2 atom stereocenters. The fourth-order valence-electron chi connectivity index (χ4n) is 2.69. The van der Waals surface area contributed by atoms with Crippen molar-refractivity contribution in [1.82, 2.24) is 10.2 Å². The van der Waals surface area contributed by atoms with Crippen LogP contribution in [-0.2, 0) is 4.79 Å². The number of rotatable bonds is 4. The van der Waals surface area contributed by atoms with E-state index >= 15 is 0 Å². The Bertz CT molecular complexity index is 444. The molecule has 0 saturated carbocycles. The monoisotopic (exact) mass is 276 g/mol. The lowest BCUT2D eigenvalue weighted by Gasteiger charge is -2.29. The summed E-state index contributed by atoms with van der Waals surface area (Å²) in [5.41, 5.74) is 1.10. The summed E-state index contributed by atoms with van der Waals surface area (Å²) in [5, 5.41) is 3.12. The highest BCUT2D eigenvalue weighted by molar-refractivity contribution is 5.79. The van der Waals surface area contributed by atoms with E-state index in [0.29, 0.717) is 0 Å². The standard InChI is InChI=1S/C16H24N2O2/c1-12(13-6-8-15(20-3)9-7-13)17-16(19)14-5-4-10-18(2)11-14/h6-9,12,14H,4-5,10-11H2,1-3H3,(H,17,19)/t12-,14-/m1/s1. The lowest BCUT2D eigenvalue weighted by Crippen LogP contribution is -2.42. The number of carbonyl (C=O) groups excluding carboxylic acids is 1. The zero-order chi connectivity index (χ0) is 14.5. The summed E-state index contributed by atoms with van der Waals surface area (Å²) < 4.78 is 5.14. The van der Waals surface area contributed by atoms with Crippen LogP contribution >= 0.6 is 0 Å². The first-order chi connectivity index (χ1) is 9.60. The zero-order valence-corrected chi connectivity index (χ0v) is 12.6. The maximum Gasteiger partial charge on any atom is 0.224 e. The largest absolute Gasteiger partial charge is 0.497 e. The quantitative estimate of drug-likeness (QED) is 0.917. The lowest BCUT2D eigenvalue weighted by atomic mass is 9.97. The van der Waals surface area contributed by atoms with Crippen LogP contribution in [0.15, 0.2) is 24.3 Å². The van der Waals surface area contributed by atoms with Gasteiger partial charge in [-0.1, -0.05) is 12.1 Å². The van der Waals surface area contributed by atoms with Gasteiger partial charge >= 0.3 is 0 Å². The molecule has 4 heteroatoms. The van der Waals surface area contributed by atoms with Crippen LogP contribution in [0.25, 0.3) is 0 Å². The number of piperidine rings is 1. The first-order valence-corrected chi connectivity index (χ1v) is 7.23. The van der Waals surface area contributed by atoms with Crippen LogP contribution in [0.5, 0.6) is 5.75 Å². The van der Waals surface area contributed by atoms with Crippen LogP contribution in [-0.4, -0.2) is 38.1 Å². The second kappa shape index (κ2) is 6.75. The topological polar surface area (TPSA) is 41.6 Å². The second-order valence-corrected chi connectivity index (χ2v) is 5.60. The number of nitrogens with one attached hydrogen (secondary N) is 1. The number of carbonyl (C=O) groups is 1. The Kier molecular flexibility index (Phi) is 5.01. The van der Waals surface area contributed by atoms with Gasteiger partial charge in [0.2, 0.25) is 5.91 Å². The Morgan fingerprint density at radius 1 is 1.40 bits per heavy atom. The number of hydrogen-bond donors (Lipinski definition) is 1. The average molecular weight is 276 g/mol. The smallest absolute Gasteiger partial charge is 0.224 e. The van der Waals surface area contributed by atoms with E-state index in [4.69, 9.17) is 4.74 Å². The molecule has 1 aliphatic rings. The van der Waals surface area contributed by atoms with Gasteiger partial charge < -0.3 is 15.0 Å². The van der Waals surface area contributed by atoms with E-state index in [9.17, 15) is 4.79 Å². The number of ether oxygens (including phenoxy) is 1. The summed E-state index contributed by atoms with van der Waals surface area (Å²) in [6.45, 7) is 3.98. The van der Waals surface area contributed by atoms with Gasteiger partial charge in [-0.05, 0) is 51.1 Å². The molecule has 1 N–H and O–H groups in total. The molecule has 1 fully saturated rings. The summed E-state index contributed by atoms with van der Waals surface area (Å²) in [6, 6.07) is 7.87. The molecule has 1 heterocycles. The van der Waals surface area contributed by atoms with Crippen molar-refractivity contribution in [2.24, 2.45) is 5.92 Å². The van der Waals surface area contributed by atoms with Crippen molar-refractivity contribution < 1.29 is 9.53 Å². The van der Waals surface area contributed by atoms with Gasteiger partial charge in [0.05, 0.1) is 19.1 Å². The van der Waals surface area contributed by atoms with E-state index in [1.807, 2.05) is 31.2 Å². The van der Waals surface area contributed by atoms with Crippen LogP contribution in [0.3, 0.4) is 0 Å². The Morgan fingerprint density at radius 3 is 2.70 bits per heavy atom. The maximum absolute atomic E-state index is 12.3. The second-order valence-electron chi connectivity index (χ2n) is 5.60. The molecule has 0 radical (unpaired) electrons. The normalized spacial score (nSPS) is 21.2. The van der Waals surface area contributed by atoms with Crippen LogP contribution in [0.1, 0.15) is 31.4 Å². The molecule has 1 aromatic carbocycles. The van der Waals surface area contributed by atoms with Crippen LogP contribution in [0, 0.1) is 5.92 Å². The molecule has 4 nitrogen and oxygen atoms in total. The van der Waals surface area contributed by atoms with Crippen LogP contribution < -0.4 is 10.1 Å². The first kappa shape index (κ1) is 14.9. The molecule has 0 bridgehead atoms. The van der Waals surface area contributed by atoms with E-state index in [1.165, 1.54) is 0 Å². The molecule has 1 aliphatic heterocycles. The van der Waals surface area contributed by atoms with Gasteiger partial charge in [0.15, 0.2) is 0 Å². The summed E-state index contributed by atoms with van der Waals surface area (Å²) in [5.74, 6) is 1.12. The number of nitrogens with zero attached hydrogens (tertiary/aromatic N) is 1. The van der Waals surface area contributed by atoms with E-state index in [0.717, 1.165) is 37.2 Å². The number of hydrogen-bond acceptors (Lipinski definition) is 3. The van der Waals surface area contributed by atoms with Crippen molar-refractivity contribution in [1.29, 1.82) is 0 Å². The summed E-state index contributed by atoms with van der Waals surface area (Å²) in [6.07, 6.45) is 2.09. The molecule has 2 rings (SSSR count). The predicted octanol–water partition coefficient (Wildman–Crippen LogP) is 2.21. The van der Waals surface area contributed by atoms with Crippen molar-refractivity contribution >= 4 is 5.91 Å².